The van der Waals surface area contributed by atoms with Gasteiger partial charge in [0, 0.05) is 17.5 Å². The second kappa shape index (κ2) is 10.6. The van der Waals surface area contributed by atoms with Crippen LogP contribution in [0.5, 0.6) is 11.5 Å². The molecule has 1 atom stereocenters. The molecule has 0 spiro atoms. The number of aromatic nitrogens is 1. The predicted molar refractivity (Wildman–Crippen MR) is 118 cm³/mol. The Bertz CT molecular complexity index is 1010. The molecule has 3 rings (SSSR count). The number of aryl methyl sites for hydroxylation is 1. The first-order valence-electron chi connectivity index (χ1n) is 9.09. The van der Waals surface area contributed by atoms with Crippen molar-refractivity contribution in [2.45, 2.75) is 19.6 Å². The molecule has 1 unspecified atom stereocenters. The van der Waals surface area contributed by atoms with Gasteiger partial charge in [-0.2, -0.15) is 0 Å². The Morgan fingerprint density at radius 2 is 2.03 bits per heavy atom. The smallest absolute Gasteiger partial charge is 0.251 e. The van der Waals surface area contributed by atoms with Gasteiger partial charge in [-0.15, -0.1) is 11.3 Å². The zero-order valence-corrected chi connectivity index (χ0v) is 18.4. The summed E-state index contributed by atoms with van der Waals surface area (Å²) in [6, 6.07) is 11.8. The summed E-state index contributed by atoms with van der Waals surface area (Å²) in [5.74, 6) is 0.604. The zero-order chi connectivity index (χ0) is 21.5. The first-order valence-corrected chi connectivity index (χ1v) is 10.7. The maximum Gasteiger partial charge on any atom is 0.251 e. The number of hydrogen-bond donors (Lipinski definition) is 2. The summed E-state index contributed by atoms with van der Waals surface area (Å²) in [7, 11) is 0. The van der Waals surface area contributed by atoms with Crippen LogP contribution in [-0.2, 0) is 6.61 Å². The lowest BCUT2D eigenvalue weighted by Crippen LogP contribution is -2.35. The van der Waals surface area contributed by atoms with Gasteiger partial charge in [0.2, 0.25) is 0 Å². The van der Waals surface area contributed by atoms with Crippen molar-refractivity contribution in [1.29, 1.82) is 0 Å². The fourth-order valence-corrected chi connectivity index (χ4v) is 3.46. The topological polar surface area (TPSA) is 80.7 Å². The number of aliphatic hydroxyl groups is 1. The molecule has 158 valence electrons. The number of ether oxygens (including phenoxy) is 2. The minimum absolute atomic E-state index is 0.0141. The first kappa shape index (κ1) is 22.4. The molecule has 1 aromatic heterocycles. The van der Waals surface area contributed by atoms with E-state index in [9.17, 15) is 9.90 Å². The van der Waals surface area contributed by atoms with Crippen LogP contribution in [-0.4, -0.2) is 35.3 Å². The Balaban J connectivity index is 1.47. The molecule has 0 radical (unpaired) electrons. The summed E-state index contributed by atoms with van der Waals surface area (Å²) in [6.45, 7) is 2.23. The summed E-state index contributed by atoms with van der Waals surface area (Å²) >= 11 is 13.5. The number of carbonyl (C=O) groups is 1. The molecular weight excluding hydrogens is 447 g/mol. The molecule has 2 aromatic carbocycles. The summed E-state index contributed by atoms with van der Waals surface area (Å²) in [5, 5.41) is 16.3. The molecule has 9 heteroatoms. The van der Waals surface area contributed by atoms with Gasteiger partial charge in [0.05, 0.1) is 15.7 Å². The molecule has 30 heavy (non-hydrogen) atoms. The zero-order valence-electron chi connectivity index (χ0n) is 16.1. The van der Waals surface area contributed by atoms with E-state index in [2.05, 4.69) is 10.3 Å². The highest BCUT2D eigenvalue weighted by Gasteiger charge is 2.12. The third-order valence-corrected chi connectivity index (χ3v) is 5.62. The Morgan fingerprint density at radius 3 is 2.80 bits per heavy atom. The molecule has 2 N–H and O–H groups in total. The minimum atomic E-state index is -0.920. The highest BCUT2D eigenvalue weighted by Crippen LogP contribution is 2.31. The maximum atomic E-state index is 12.4. The summed E-state index contributed by atoms with van der Waals surface area (Å²) in [4.78, 5) is 16.7. The van der Waals surface area contributed by atoms with Crippen molar-refractivity contribution in [3.8, 4) is 11.5 Å². The van der Waals surface area contributed by atoms with E-state index in [1.165, 1.54) is 0 Å². The molecule has 0 bridgehead atoms. The molecule has 0 aliphatic rings. The van der Waals surface area contributed by atoms with Gasteiger partial charge in [0.1, 0.15) is 35.8 Å². The first-order chi connectivity index (χ1) is 14.4. The van der Waals surface area contributed by atoms with Crippen molar-refractivity contribution in [2.24, 2.45) is 0 Å². The number of rotatable bonds is 9. The van der Waals surface area contributed by atoms with Gasteiger partial charge < -0.3 is 19.9 Å². The third-order valence-electron chi connectivity index (χ3n) is 4.00. The third kappa shape index (κ3) is 6.34. The Labute approximate surface area is 188 Å². The average molecular weight is 467 g/mol. The number of aliphatic hydroxyl groups excluding tert-OH is 1. The Morgan fingerprint density at radius 1 is 1.23 bits per heavy atom. The molecule has 0 aliphatic heterocycles. The van der Waals surface area contributed by atoms with Gasteiger partial charge in [0.25, 0.3) is 5.91 Å². The number of nitrogens with zero attached hydrogens (tertiary/aromatic N) is 1. The Kier molecular flexibility index (Phi) is 7.93. The minimum Gasteiger partial charge on any atom is -0.489 e. The standard InChI is InChI=1S/C21H20Cl2N2O4S/c1-13-25-15(12-30-13)10-28-17-5-2-4-14(8-17)21(27)24-9-16(26)11-29-19-7-3-6-18(22)20(19)23/h2-8,12,16,26H,9-11H2,1H3,(H,24,27). The molecule has 0 aliphatic carbocycles. The molecular formula is C21H20Cl2N2O4S. The second-order valence-corrected chi connectivity index (χ2v) is 8.25. The lowest BCUT2D eigenvalue weighted by atomic mass is 10.2. The van der Waals surface area contributed by atoms with Crippen molar-refractivity contribution in [3.63, 3.8) is 0 Å². The van der Waals surface area contributed by atoms with Crippen molar-refractivity contribution in [2.75, 3.05) is 13.2 Å². The molecule has 6 nitrogen and oxygen atoms in total. The van der Waals surface area contributed by atoms with Crippen LogP contribution in [0.4, 0.5) is 0 Å². The van der Waals surface area contributed by atoms with E-state index < -0.39 is 6.10 Å². The number of halogens is 2. The van der Waals surface area contributed by atoms with Crippen molar-refractivity contribution in [3.05, 3.63) is 74.2 Å². The van der Waals surface area contributed by atoms with E-state index in [1.807, 2.05) is 12.3 Å². The van der Waals surface area contributed by atoms with Gasteiger partial charge in [-0.25, -0.2) is 4.98 Å². The number of benzene rings is 2. The van der Waals surface area contributed by atoms with Crippen LogP contribution in [0.25, 0.3) is 0 Å². The van der Waals surface area contributed by atoms with E-state index in [-0.39, 0.29) is 24.1 Å². The van der Waals surface area contributed by atoms with Crippen molar-refractivity contribution in [1.82, 2.24) is 10.3 Å². The monoisotopic (exact) mass is 466 g/mol. The predicted octanol–water partition coefficient (Wildman–Crippen LogP) is 4.51. The van der Waals surface area contributed by atoms with Crippen molar-refractivity contribution >= 4 is 40.4 Å². The molecule has 0 saturated carbocycles. The summed E-state index contributed by atoms with van der Waals surface area (Å²) < 4.78 is 11.2. The number of thiazole rings is 1. The van der Waals surface area contributed by atoms with Crippen molar-refractivity contribution < 1.29 is 19.4 Å². The van der Waals surface area contributed by atoms with E-state index in [1.54, 1.807) is 53.8 Å². The fourth-order valence-electron chi connectivity index (χ4n) is 2.51. The summed E-state index contributed by atoms with van der Waals surface area (Å²) in [6.07, 6.45) is -0.920. The Hall–Kier alpha value is -2.32. The molecule has 0 fully saturated rings. The van der Waals surface area contributed by atoms with Crippen LogP contribution in [0.1, 0.15) is 21.1 Å². The van der Waals surface area contributed by atoms with E-state index in [4.69, 9.17) is 32.7 Å². The number of nitrogens with one attached hydrogen (secondary N) is 1. The maximum absolute atomic E-state index is 12.4. The lowest BCUT2D eigenvalue weighted by Gasteiger charge is -2.14. The van der Waals surface area contributed by atoms with Crippen LogP contribution in [0.3, 0.4) is 0 Å². The number of carbonyl (C=O) groups excluding carboxylic acids is 1. The van der Waals surface area contributed by atoms with Gasteiger partial charge in [0.15, 0.2) is 0 Å². The highest BCUT2D eigenvalue weighted by atomic mass is 35.5. The lowest BCUT2D eigenvalue weighted by molar-refractivity contribution is 0.0843. The highest BCUT2D eigenvalue weighted by molar-refractivity contribution is 7.09. The number of hydrogen-bond acceptors (Lipinski definition) is 6. The van der Waals surface area contributed by atoms with Crippen LogP contribution in [0.15, 0.2) is 47.8 Å². The van der Waals surface area contributed by atoms with E-state index >= 15 is 0 Å². The molecule has 1 heterocycles. The molecule has 0 saturated heterocycles. The largest absolute Gasteiger partial charge is 0.489 e. The fraction of sp³-hybridized carbons (Fsp3) is 0.238. The van der Waals surface area contributed by atoms with Crippen LogP contribution >= 0.6 is 34.5 Å². The van der Waals surface area contributed by atoms with Gasteiger partial charge in [-0.05, 0) is 37.3 Å². The van der Waals surface area contributed by atoms with E-state index in [0.29, 0.717) is 28.7 Å². The van der Waals surface area contributed by atoms with Gasteiger partial charge in [-0.3, -0.25) is 4.79 Å². The van der Waals surface area contributed by atoms with Crippen LogP contribution in [0, 0.1) is 6.92 Å². The quantitative estimate of drug-likeness (QED) is 0.484. The van der Waals surface area contributed by atoms with Crippen LogP contribution in [0.2, 0.25) is 10.0 Å². The van der Waals surface area contributed by atoms with Gasteiger partial charge in [-0.1, -0.05) is 35.3 Å². The van der Waals surface area contributed by atoms with E-state index in [0.717, 1.165) is 10.7 Å². The molecule has 1 amide bonds. The number of amides is 1. The SMILES string of the molecule is Cc1nc(COc2cccc(C(=O)NCC(O)COc3cccc(Cl)c3Cl)c2)cs1. The van der Waals surface area contributed by atoms with Crippen LogP contribution < -0.4 is 14.8 Å². The molecule has 3 aromatic rings. The summed E-state index contributed by atoms with van der Waals surface area (Å²) in [5.41, 5.74) is 1.27. The second-order valence-electron chi connectivity index (χ2n) is 6.40. The normalized spacial score (nSPS) is 11.7. The average Bonchev–Trinajstić information content (AvgIpc) is 3.17. The van der Waals surface area contributed by atoms with Gasteiger partial charge >= 0.3 is 0 Å².